The molecule has 1 amide bonds. The minimum absolute atomic E-state index is 0.189. The van der Waals surface area contributed by atoms with Crippen molar-refractivity contribution in [2.75, 3.05) is 26.2 Å². The predicted octanol–water partition coefficient (Wildman–Crippen LogP) is 4.06. The monoisotopic (exact) mass is 431 g/mol. The fraction of sp³-hybridized carbons (Fsp3) is 0.565. The van der Waals surface area contributed by atoms with Crippen molar-refractivity contribution in [3.63, 3.8) is 0 Å². The number of rotatable bonds is 6. The minimum atomic E-state index is -0.189. The second-order valence-corrected chi connectivity index (χ2v) is 9.20. The Morgan fingerprint density at radius 3 is 2.63 bits per heavy atom. The van der Waals surface area contributed by atoms with Gasteiger partial charge >= 0.3 is 0 Å². The lowest BCUT2D eigenvalue weighted by molar-refractivity contribution is -0.132. The number of likely N-dealkylation sites (tertiary alicyclic amines) is 2. The molecule has 0 radical (unpaired) electrons. The molecule has 0 aliphatic carbocycles. The van der Waals surface area contributed by atoms with Crippen LogP contribution in [0.4, 0.5) is 4.39 Å². The predicted molar refractivity (Wildman–Crippen MR) is 116 cm³/mol. The highest BCUT2D eigenvalue weighted by molar-refractivity contribution is 7.11. The zero-order valence-corrected chi connectivity index (χ0v) is 18.4. The molecular formula is C23H30FN3O2S. The minimum Gasteiger partial charge on any atom is -0.467 e. The molecule has 0 N–H and O–H groups in total. The average Bonchev–Trinajstić information content (AvgIpc) is 3.28. The Hall–Kier alpha value is -1.99. The lowest BCUT2D eigenvalue weighted by atomic mass is 9.98. The maximum Gasteiger partial charge on any atom is 0.273 e. The highest BCUT2D eigenvalue weighted by Gasteiger charge is 2.30. The van der Waals surface area contributed by atoms with Crippen molar-refractivity contribution in [2.45, 2.75) is 57.6 Å². The molecule has 3 heterocycles. The molecule has 5 nitrogen and oxygen atoms in total. The van der Waals surface area contributed by atoms with Crippen LogP contribution in [0, 0.1) is 12.7 Å². The molecule has 2 saturated heterocycles. The van der Waals surface area contributed by atoms with Gasteiger partial charge in [0.05, 0.1) is 0 Å². The number of thiazole rings is 1. The van der Waals surface area contributed by atoms with E-state index in [9.17, 15) is 9.18 Å². The van der Waals surface area contributed by atoms with Gasteiger partial charge in [0.25, 0.3) is 5.19 Å². The lowest BCUT2D eigenvalue weighted by Gasteiger charge is -2.41. The van der Waals surface area contributed by atoms with Crippen LogP contribution in [0.25, 0.3) is 0 Å². The van der Waals surface area contributed by atoms with Gasteiger partial charge in [0.2, 0.25) is 5.91 Å². The molecule has 2 fully saturated rings. The van der Waals surface area contributed by atoms with Crippen LogP contribution in [0.3, 0.4) is 0 Å². The highest BCUT2D eigenvalue weighted by atomic mass is 32.1. The van der Waals surface area contributed by atoms with Crippen LogP contribution in [-0.4, -0.2) is 59.0 Å². The van der Waals surface area contributed by atoms with Crippen LogP contribution in [0.5, 0.6) is 5.19 Å². The highest BCUT2D eigenvalue weighted by Crippen LogP contribution is 2.25. The number of nitrogens with zero attached hydrogens (tertiary/aromatic N) is 3. The number of carbonyl (C=O) groups excluding carboxylic acids is 1. The Kier molecular flexibility index (Phi) is 7.00. The van der Waals surface area contributed by atoms with Gasteiger partial charge in [-0.2, -0.15) is 0 Å². The van der Waals surface area contributed by atoms with Gasteiger partial charge in [-0.05, 0) is 56.2 Å². The summed E-state index contributed by atoms with van der Waals surface area (Å²) in [5.74, 6) is 0.0249. The standard InChI is InChI=1S/C23H30FN3O2S/c1-17-16-18(2-4-21(17)24)3-5-22(28)27-11-6-19(7-12-27)26-13-8-20(9-14-26)29-23-25-10-15-30-23/h2,4,10,15-16,19-20H,3,5-9,11-14H2,1H3. The Balaban J connectivity index is 1.17. The van der Waals surface area contributed by atoms with E-state index >= 15 is 0 Å². The maximum absolute atomic E-state index is 13.4. The molecule has 7 heteroatoms. The lowest BCUT2D eigenvalue weighted by Crippen LogP contribution is -2.50. The fourth-order valence-electron chi connectivity index (χ4n) is 4.52. The van der Waals surface area contributed by atoms with Gasteiger partial charge in [-0.3, -0.25) is 9.69 Å². The molecule has 0 bridgehead atoms. The average molecular weight is 432 g/mol. The summed E-state index contributed by atoms with van der Waals surface area (Å²) >= 11 is 1.55. The number of ether oxygens (including phenoxy) is 1. The second-order valence-electron chi connectivity index (χ2n) is 8.35. The molecule has 2 aromatic rings. The number of piperidine rings is 2. The van der Waals surface area contributed by atoms with Crippen molar-refractivity contribution in [1.29, 1.82) is 0 Å². The molecule has 0 atom stereocenters. The number of amides is 1. The van der Waals surface area contributed by atoms with E-state index in [1.807, 2.05) is 16.3 Å². The quantitative estimate of drug-likeness (QED) is 0.692. The van der Waals surface area contributed by atoms with E-state index in [4.69, 9.17) is 4.74 Å². The summed E-state index contributed by atoms with van der Waals surface area (Å²) < 4.78 is 19.4. The van der Waals surface area contributed by atoms with Crippen LogP contribution >= 0.6 is 11.3 Å². The molecule has 1 aromatic heterocycles. The third-order valence-corrected chi connectivity index (χ3v) is 7.00. The topological polar surface area (TPSA) is 45.7 Å². The zero-order valence-electron chi connectivity index (χ0n) is 17.6. The molecule has 0 spiro atoms. The largest absolute Gasteiger partial charge is 0.467 e. The first-order valence-electron chi connectivity index (χ1n) is 10.9. The molecule has 4 rings (SSSR count). The van der Waals surface area contributed by atoms with Gasteiger partial charge in [0, 0.05) is 50.2 Å². The Morgan fingerprint density at radius 2 is 1.97 bits per heavy atom. The van der Waals surface area contributed by atoms with Crippen LogP contribution < -0.4 is 4.74 Å². The molecule has 2 aliphatic heterocycles. The van der Waals surface area contributed by atoms with Gasteiger partial charge in [0.15, 0.2) is 0 Å². The van der Waals surface area contributed by atoms with Crippen LogP contribution in [-0.2, 0) is 11.2 Å². The molecule has 0 unspecified atom stereocenters. The number of halogens is 1. The summed E-state index contributed by atoms with van der Waals surface area (Å²) in [6, 6.07) is 5.68. The van der Waals surface area contributed by atoms with E-state index in [1.54, 1.807) is 30.5 Å². The summed E-state index contributed by atoms with van der Waals surface area (Å²) in [7, 11) is 0. The number of carbonyl (C=O) groups is 1. The molecule has 30 heavy (non-hydrogen) atoms. The maximum atomic E-state index is 13.4. The van der Waals surface area contributed by atoms with Crippen molar-refractivity contribution >= 4 is 17.2 Å². The van der Waals surface area contributed by atoms with Gasteiger partial charge in [0.1, 0.15) is 11.9 Å². The first-order chi connectivity index (χ1) is 14.6. The molecule has 2 aliphatic rings. The van der Waals surface area contributed by atoms with Crippen molar-refractivity contribution in [3.05, 3.63) is 46.7 Å². The van der Waals surface area contributed by atoms with Gasteiger partial charge in [-0.25, -0.2) is 9.37 Å². The summed E-state index contributed by atoms with van der Waals surface area (Å²) in [6.45, 7) is 5.54. The van der Waals surface area contributed by atoms with Crippen LogP contribution in [0.2, 0.25) is 0 Å². The molecule has 0 saturated carbocycles. The Labute approximate surface area is 181 Å². The van der Waals surface area contributed by atoms with E-state index in [-0.39, 0.29) is 17.8 Å². The summed E-state index contributed by atoms with van der Waals surface area (Å²) in [5, 5.41) is 2.72. The molecule has 1 aromatic carbocycles. The number of hydrogen-bond acceptors (Lipinski definition) is 5. The fourth-order valence-corrected chi connectivity index (χ4v) is 5.07. The number of benzene rings is 1. The van der Waals surface area contributed by atoms with E-state index < -0.39 is 0 Å². The third-order valence-electron chi connectivity index (χ3n) is 6.34. The summed E-state index contributed by atoms with van der Waals surface area (Å²) in [6.07, 6.45) is 7.38. The van der Waals surface area contributed by atoms with E-state index in [0.29, 0.717) is 24.4 Å². The smallest absolute Gasteiger partial charge is 0.273 e. The Morgan fingerprint density at radius 1 is 1.20 bits per heavy atom. The number of aryl methyl sites for hydroxylation is 2. The van der Waals surface area contributed by atoms with Crippen molar-refractivity contribution in [2.24, 2.45) is 0 Å². The van der Waals surface area contributed by atoms with E-state index in [0.717, 1.165) is 62.6 Å². The summed E-state index contributed by atoms with van der Waals surface area (Å²) in [4.78, 5) is 21.4. The van der Waals surface area contributed by atoms with E-state index in [1.165, 1.54) is 6.07 Å². The summed E-state index contributed by atoms with van der Waals surface area (Å²) in [5.41, 5.74) is 1.67. The molecule has 162 valence electrons. The number of hydrogen-bond donors (Lipinski definition) is 0. The van der Waals surface area contributed by atoms with Gasteiger partial charge < -0.3 is 9.64 Å². The van der Waals surface area contributed by atoms with Crippen LogP contribution in [0.15, 0.2) is 29.8 Å². The SMILES string of the molecule is Cc1cc(CCC(=O)N2CCC(N3CCC(Oc4nccs4)CC3)CC2)ccc1F. The van der Waals surface area contributed by atoms with Gasteiger partial charge in [-0.1, -0.05) is 23.5 Å². The van der Waals surface area contributed by atoms with Crippen molar-refractivity contribution < 1.29 is 13.9 Å². The first kappa shape index (κ1) is 21.2. The van der Waals surface area contributed by atoms with Crippen LogP contribution in [0.1, 0.15) is 43.2 Å². The first-order valence-corrected chi connectivity index (χ1v) is 11.8. The van der Waals surface area contributed by atoms with E-state index in [2.05, 4.69) is 9.88 Å². The number of aromatic nitrogens is 1. The molecular weight excluding hydrogens is 401 g/mol. The zero-order chi connectivity index (χ0) is 20.9. The van der Waals surface area contributed by atoms with Crippen molar-refractivity contribution in [3.8, 4) is 5.19 Å². The van der Waals surface area contributed by atoms with Crippen molar-refractivity contribution in [1.82, 2.24) is 14.8 Å². The second kappa shape index (κ2) is 9.88. The Bertz CT molecular complexity index is 829. The van der Waals surface area contributed by atoms with Gasteiger partial charge in [-0.15, -0.1) is 0 Å². The normalized spacial score (nSPS) is 19.2. The third kappa shape index (κ3) is 5.38.